The Morgan fingerprint density at radius 1 is 0.458 bits per heavy atom. The van der Waals surface area contributed by atoms with Crippen LogP contribution in [0.4, 0.5) is 0 Å². The normalized spacial score (nSPS) is 11.9. The van der Waals surface area contributed by atoms with Crippen molar-refractivity contribution in [3.63, 3.8) is 0 Å². The molecule has 6 nitrogen and oxygen atoms in total. The molecule has 0 amide bonds. The number of aromatic hydroxyl groups is 5. The number of benzene rings is 8. The lowest BCUT2D eigenvalue weighted by atomic mass is 9.81. The molecule has 0 aliphatic carbocycles. The molecule has 9 rings (SSSR count). The summed E-state index contributed by atoms with van der Waals surface area (Å²) in [6.07, 6.45) is 0. The van der Waals surface area contributed by atoms with Gasteiger partial charge in [-0.15, -0.1) is 0 Å². The quantitative estimate of drug-likeness (QED) is 0.0568. The Hall–Kier alpha value is -6.34. The maximum Gasteiger partial charge on any atom is 0.169 e. The lowest BCUT2D eigenvalue weighted by Crippen LogP contribution is -2.10. The first-order valence-corrected chi connectivity index (χ1v) is 15.7. The first kappa shape index (κ1) is 27.9. The Kier molecular flexibility index (Phi) is 5.72. The number of hydrogen-bond acceptors (Lipinski definition) is 6. The van der Waals surface area contributed by atoms with E-state index in [0.29, 0.717) is 27.4 Å². The molecule has 7 heteroatoms. The van der Waals surface area contributed by atoms with Crippen LogP contribution in [0.25, 0.3) is 87.3 Å². The van der Waals surface area contributed by atoms with Gasteiger partial charge in [0.05, 0.1) is 10.9 Å². The van der Waals surface area contributed by atoms with Gasteiger partial charge in [0.15, 0.2) is 23.0 Å². The minimum Gasteiger partial charge on any atom is -0.506 e. The smallest absolute Gasteiger partial charge is 0.169 e. The number of hydrogen-bond donors (Lipinski definition) is 5. The summed E-state index contributed by atoms with van der Waals surface area (Å²) in [6.45, 7) is 1.59. The molecule has 230 valence electrons. The van der Waals surface area contributed by atoms with E-state index in [4.69, 9.17) is 4.42 Å². The average molecular weight is 626 g/mol. The molecule has 1 aromatic heterocycles. The van der Waals surface area contributed by atoms with Gasteiger partial charge >= 0.3 is 0 Å². The van der Waals surface area contributed by atoms with Crippen molar-refractivity contribution in [2.45, 2.75) is 6.92 Å². The first-order chi connectivity index (χ1) is 23.2. The van der Waals surface area contributed by atoms with Gasteiger partial charge in [0.25, 0.3) is 0 Å². The van der Waals surface area contributed by atoms with Crippen LogP contribution in [0.1, 0.15) is 5.56 Å². The maximum atomic E-state index is 11.8. The molecule has 0 aliphatic rings. The molecule has 1 heterocycles. The zero-order valence-corrected chi connectivity index (χ0v) is 26.0. The van der Waals surface area contributed by atoms with E-state index < -0.39 is 28.7 Å². The molecule has 8 aromatic carbocycles. The Morgan fingerprint density at radius 3 is 1.65 bits per heavy atom. The lowest BCUT2D eigenvalue weighted by Gasteiger charge is -2.21. The van der Waals surface area contributed by atoms with E-state index in [1.807, 2.05) is 60.7 Å². The van der Waals surface area contributed by atoms with Gasteiger partial charge in [-0.25, -0.2) is 0 Å². The molecule has 0 aliphatic heterocycles. The lowest BCUT2D eigenvalue weighted by molar-refractivity contribution is 0.396. The third kappa shape index (κ3) is 3.64. The van der Waals surface area contributed by atoms with Gasteiger partial charge in [-0.1, -0.05) is 84.3 Å². The summed E-state index contributed by atoms with van der Waals surface area (Å²) in [6, 6.07) is 34.1. The molecule has 5 N–H and O–H groups in total. The number of rotatable bonds is 2. The van der Waals surface area contributed by atoms with Crippen LogP contribution < -0.4 is 5.46 Å². The van der Waals surface area contributed by atoms with Crippen molar-refractivity contribution in [2.75, 3.05) is 0 Å². The Balaban J connectivity index is 1.38. The van der Waals surface area contributed by atoms with Crippen molar-refractivity contribution >= 4 is 78.3 Å². The second kappa shape index (κ2) is 9.83. The third-order valence-corrected chi connectivity index (χ3v) is 9.99. The van der Waals surface area contributed by atoms with Crippen molar-refractivity contribution in [3.05, 3.63) is 109 Å². The van der Waals surface area contributed by atoms with Crippen LogP contribution >= 0.6 is 0 Å². The Morgan fingerprint density at radius 2 is 1.00 bits per heavy atom. The molecule has 0 bridgehead atoms. The summed E-state index contributed by atoms with van der Waals surface area (Å²) >= 11 is 0. The highest BCUT2D eigenvalue weighted by Gasteiger charge is 2.29. The fraction of sp³-hybridized carbons (Fsp3) is 0.0244. The average Bonchev–Trinajstić information content (AvgIpc) is 3.46. The number of phenolic OH excluding ortho intramolecular Hbond substituents is 5. The minimum absolute atomic E-state index is 0.0447. The van der Waals surface area contributed by atoms with Gasteiger partial charge in [-0.2, -0.15) is 0 Å². The zero-order valence-electron chi connectivity index (χ0n) is 26.0. The van der Waals surface area contributed by atoms with E-state index in [1.165, 1.54) is 0 Å². The van der Waals surface area contributed by atoms with Crippen molar-refractivity contribution in [3.8, 4) is 51.0 Å². The molecule has 0 saturated carbocycles. The van der Waals surface area contributed by atoms with Gasteiger partial charge in [0.1, 0.15) is 24.8 Å². The Labute approximate surface area is 274 Å². The van der Waals surface area contributed by atoms with Gasteiger partial charge in [-0.3, -0.25) is 0 Å². The van der Waals surface area contributed by atoms with Crippen LogP contribution in [0, 0.1) is 6.92 Å². The molecule has 48 heavy (non-hydrogen) atoms. The van der Waals surface area contributed by atoms with Crippen LogP contribution in [0.3, 0.4) is 0 Å². The summed E-state index contributed by atoms with van der Waals surface area (Å²) < 4.78 is 6.43. The highest BCUT2D eigenvalue weighted by atomic mass is 16.3. The summed E-state index contributed by atoms with van der Waals surface area (Å²) in [5, 5.41) is 63.9. The highest BCUT2D eigenvalue weighted by Crippen LogP contribution is 2.56. The van der Waals surface area contributed by atoms with Gasteiger partial charge in [-0.05, 0) is 80.2 Å². The topological polar surface area (TPSA) is 114 Å². The van der Waals surface area contributed by atoms with Crippen LogP contribution in [0.2, 0.25) is 0 Å². The highest BCUT2D eigenvalue weighted by molar-refractivity contribution is 6.42. The monoisotopic (exact) mass is 626 g/mol. The molecule has 0 saturated heterocycles. The van der Waals surface area contributed by atoms with E-state index in [2.05, 4.69) is 42.5 Å². The summed E-state index contributed by atoms with van der Waals surface area (Å²) in [5.41, 5.74) is 4.62. The predicted molar refractivity (Wildman–Crippen MR) is 196 cm³/mol. The second-order valence-corrected chi connectivity index (χ2v) is 12.5. The molecule has 9 aromatic rings. The maximum absolute atomic E-state index is 11.8. The SMILES string of the molecule is Bc1c(C)c(O)c(O)c2c(O)c(-c3c4ccccc4c(-c4ccc5c(c4)oc4cc6ccccc6cc45)c4ccccc34)c(O)c(O)c12. The predicted octanol–water partition coefficient (Wildman–Crippen LogP) is 8.63. The van der Waals surface area contributed by atoms with E-state index in [0.717, 1.165) is 54.6 Å². The molecule has 0 spiro atoms. The van der Waals surface area contributed by atoms with E-state index in [-0.39, 0.29) is 16.3 Å². The molecule has 0 fully saturated rings. The van der Waals surface area contributed by atoms with Crippen LogP contribution in [0.5, 0.6) is 28.7 Å². The standard InChI is InChI=1S/C41H27BO6/c1-19-36(42)33-35(40(46)37(19)43)38(44)34(41(47)39(33)45)32-26-12-6-4-10-24(26)31(25-11-5-7-13-27(25)32)22-14-15-23-28-16-20-8-2-3-9-21(20)17-30(28)48-29(23)18-22/h2-18,43-47H,42H2,1H3. The third-order valence-electron chi connectivity index (χ3n) is 9.99. The van der Waals surface area contributed by atoms with Crippen LogP contribution in [-0.2, 0) is 0 Å². The second-order valence-electron chi connectivity index (χ2n) is 12.5. The van der Waals surface area contributed by atoms with E-state index >= 15 is 0 Å². The zero-order chi connectivity index (χ0) is 33.0. The van der Waals surface area contributed by atoms with Crippen molar-refractivity contribution in [2.24, 2.45) is 0 Å². The first-order valence-electron chi connectivity index (χ1n) is 15.7. The minimum atomic E-state index is -0.570. The van der Waals surface area contributed by atoms with Gasteiger partial charge < -0.3 is 29.9 Å². The number of furan rings is 1. The summed E-state index contributed by atoms with van der Waals surface area (Å²) in [7, 11) is 1.65. The largest absolute Gasteiger partial charge is 0.506 e. The van der Waals surface area contributed by atoms with Gasteiger partial charge in [0.2, 0.25) is 0 Å². The van der Waals surface area contributed by atoms with Crippen LogP contribution in [-0.4, -0.2) is 33.4 Å². The fourth-order valence-corrected chi connectivity index (χ4v) is 7.53. The molecular formula is C41H27BO6. The van der Waals surface area contributed by atoms with Crippen molar-refractivity contribution in [1.29, 1.82) is 0 Å². The fourth-order valence-electron chi connectivity index (χ4n) is 7.53. The van der Waals surface area contributed by atoms with E-state index in [1.54, 1.807) is 14.8 Å². The van der Waals surface area contributed by atoms with Gasteiger partial charge in [0, 0.05) is 21.7 Å². The van der Waals surface area contributed by atoms with Crippen LogP contribution in [0.15, 0.2) is 108 Å². The molecule has 0 unspecified atom stereocenters. The number of phenols is 5. The van der Waals surface area contributed by atoms with Crippen molar-refractivity contribution in [1.82, 2.24) is 0 Å². The van der Waals surface area contributed by atoms with E-state index in [9.17, 15) is 25.5 Å². The number of fused-ring (bicyclic) bond motifs is 7. The summed E-state index contributed by atoms with van der Waals surface area (Å²) in [5.74, 6) is -2.43. The Bertz CT molecular complexity index is 2810. The molecule has 0 radical (unpaired) electrons. The molecule has 0 atom stereocenters. The molecular weight excluding hydrogens is 599 g/mol. The van der Waals surface area contributed by atoms with Crippen molar-refractivity contribution < 1.29 is 29.9 Å². The summed E-state index contributed by atoms with van der Waals surface area (Å²) in [4.78, 5) is 0.